The number of pyridine rings is 3. The molecule has 3 aromatic heterocycles. The Hall–Kier alpha value is -3.57. The van der Waals surface area contributed by atoms with E-state index in [9.17, 15) is 9.18 Å². The van der Waals surface area contributed by atoms with Crippen LogP contribution in [-0.4, -0.2) is 58.9 Å². The lowest BCUT2D eigenvalue weighted by Crippen LogP contribution is -2.63. The summed E-state index contributed by atoms with van der Waals surface area (Å²) in [5.41, 5.74) is 1.71. The van der Waals surface area contributed by atoms with Gasteiger partial charge in [0.05, 0.1) is 36.8 Å². The summed E-state index contributed by atoms with van der Waals surface area (Å²) in [4.78, 5) is 24.4. The summed E-state index contributed by atoms with van der Waals surface area (Å²) in [7, 11) is 1.51. The maximum atomic E-state index is 14.6. The van der Waals surface area contributed by atoms with Gasteiger partial charge in [0.2, 0.25) is 11.8 Å². The molecule has 0 amide bonds. The van der Waals surface area contributed by atoms with Crippen molar-refractivity contribution in [2.75, 3.05) is 32.2 Å². The molecule has 2 saturated heterocycles. The SMILES string of the molecule is COc1ccc2ncc(F)c(OCC34CCC(NCc5ccc6c(n5)OC(=O)CN6)(CC3)CO4)c2n1. The van der Waals surface area contributed by atoms with Crippen molar-refractivity contribution in [1.82, 2.24) is 20.3 Å². The van der Waals surface area contributed by atoms with Gasteiger partial charge in [0.25, 0.3) is 0 Å². The highest BCUT2D eigenvalue weighted by Crippen LogP contribution is 2.44. The van der Waals surface area contributed by atoms with Crippen LogP contribution < -0.4 is 24.8 Å². The maximum absolute atomic E-state index is 14.6. The number of esters is 1. The van der Waals surface area contributed by atoms with Crippen LogP contribution in [0.15, 0.2) is 30.5 Å². The first-order valence-corrected chi connectivity index (χ1v) is 11.9. The average molecular weight is 496 g/mol. The number of halogens is 1. The molecule has 2 bridgehead atoms. The monoisotopic (exact) mass is 495 g/mol. The van der Waals surface area contributed by atoms with Gasteiger partial charge >= 0.3 is 5.97 Å². The van der Waals surface area contributed by atoms with E-state index in [1.807, 2.05) is 12.1 Å². The molecule has 3 fully saturated rings. The van der Waals surface area contributed by atoms with E-state index in [0.717, 1.165) is 37.6 Å². The van der Waals surface area contributed by atoms with E-state index in [1.165, 1.54) is 7.11 Å². The van der Waals surface area contributed by atoms with Crippen LogP contribution in [0.2, 0.25) is 0 Å². The molecule has 7 rings (SSSR count). The van der Waals surface area contributed by atoms with E-state index in [1.54, 1.807) is 12.1 Å². The first-order valence-electron chi connectivity index (χ1n) is 11.9. The third-order valence-corrected chi connectivity index (χ3v) is 7.26. The lowest BCUT2D eigenvalue weighted by molar-refractivity contribution is -0.176. The Labute approximate surface area is 206 Å². The quantitative estimate of drug-likeness (QED) is 0.474. The number of ether oxygens (including phenoxy) is 4. The molecule has 3 aromatic rings. The molecule has 4 aliphatic rings. The minimum Gasteiger partial charge on any atom is -0.485 e. The van der Waals surface area contributed by atoms with Crippen molar-refractivity contribution in [2.45, 2.75) is 43.4 Å². The number of nitrogens with one attached hydrogen (secondary N) is 2. The first kappa shape index (κ1) is 22.9. The largest absolute Gasteiger partial charge is 0.485 e. The molecule has 0 atom stereocenters. The zero-order valence-corrected chi connectivity index (χ0v) is 19.8. The van der Waals surface area contributed by atoms with Crippen LogP contribution in [0.25, 0.3) is 11.0 Å². The molecule has 188 valence electrons. The lowest BCUT2D eigenvalue weighted by Gasteiger charge is -2.53. The Balaban J connectivity index is 1.10. The standard InChI is InChI=1S/C25H26FN5O5/c1-33-19-5-4-17-21(31-19)22(16(26)11-27-17)34-14-25-8-6-24(7-9-25,13-35-25)29-10-15-2-3-18-23(30-15)36-20(32)12-28-18/h2-5,11,28-29H,6-10,12-14H2,1H3. The molecule has 0 radical (unpaired) electrons. The smallest absolute Gasteiger partial charge is 0.332 e. The third kappa shape index (κ3) is 4.18. The molecule has 36 heavy (non-hydrogen) atoms. The lowest BCUT2D eigenvalue weighted by atomic mass is 9.71. The van der Waals surface area contributed by atoms with Crippen LogP contribution in [0.4, 0.5) is 10.1 Å². The zero-order valence-electron chi connectivity index (χ0n) is 19.8. The molecule has 3 aliphatic heterocycles. The molecule has 11 heteroatoms. The summed E-state index contributed by atoms with van der Waals surface area (Å²) < 4.78 is 37.4. The van der Waals surface area contributed by atoms with Crippen LogP contribution in [0, 0.1) is 5.82 Å². The van der Waals surface area contributed by atoms with Crippen molar-refractivity contribution in [1.29, 1.82) is 0 Å². The van der Waals surface area contributed by atoms with Gasteiger partial charge in [-0.05, 0) is 43.9 Å². The van der Waals surface area contributed by atoms with Crippen molar-refractivity contribution >= 4 is 22.7 Å². The molecular weight excluding hydrogens is 469 g/mol. The minimum absolute atomic E-state index is 0.0612. The fourth-order valence-electron chi connectivity index (χ4n) is 5.01. The highest BCUT2D eigenvalue weighted by Gasteiger charge is 2.50. The number of anilines is 1. The molecule has 0 aromatic carbocycles. The highest BCUT2D eigenvalue weighted by molar-refractivity contribution is 5.82. The summed E-state index contributed by atoms with van der Waals surface area (Å²) in [5, 5.41) is 6.60. The predicted octanol–water partition coefficient (Wildman–Crippen LogP) is 2.75. The van der Waals surface area contributed by atoms with Crippen molar-refractivity contribution in [3.8, 4) is 17.5 Å². The van der Waals surface area contributed by atoms with E-state index in [-0.39, 0.29) is 30.4 Å². The van der Waals surface area contributed by atoms with Gasteiger partial charge < -0.3 is 29.6 Å². The van der Waals surface area contributed by atoms with Gasteiger partial charge in [0.1, 0.15) is 24.3 Å². The molecular formula is C25H26FN5O5. The number of methoxy groups -OCH3 is 1. The number of nitrogens with zero attached hydrogens (tertiary/aromatic N) is 3. The van der Waals surface area contributed by atoms with Crippen molar-refractivity contribution in [2.24, 2.45) is 0 Å². The maximum Gasteiger partial charge on any atom is 0.332 e. The van der Waals surface area contributed by atoms with Crippen LogP contribution in [0.1, 0.15) is 31.4 Å². The van der Waals surface area contributed by atoms with E-state index in [0.29, 0.717) is 41.6 Å². The molecule has 6 heterocycles. The summed E-state index contributed by atoms with van der Waals surface area (Å²) >= 11 is 0. The fourth-order valence-corrected chi connectivity index (χ4v) is 5.01. The van der Waals surface area contributed by atoms with Crippen LogP contribution >= 0.6 is 0 Å². The van der Waals surface area contributed by atoms with E-state index in [2.05, 4.69) is 25.6 Å². The fraction of sp³-hybridized carbons (Fsp3) is 0.440. The Morgan fingerprint density at radius 2 is 2.03 bits per heavy atom. The molecule has 10 nitrogen and oxygen atoms in total. The molecule has 1 saturated carbocycles. The van der Waals surface area contributed by atoms with Crippen molar-refractivity contribution < 1.29 is 28.1 Å². The molecule has 0 unspecified atom stereocenters. The van der Waals surface area contributed by atoms with Gasteiger partial charge in [-0.1, -0.05) is 0 Å². The second-order valence-corrected chi connectivity index (χ2v) is 9.53. The van der Waals surface area contributed by atoms with E-state index < -0.39 is 11.4 Å². The number of hydrogen-bond donors (Lipinski definition) is 2. The zero-order chi connectivity index (χ0) is 24.8. The Morgan fingerprint density at radius 3 is 2.81 bits per heavy atom. The number of fused-ring (bicyclic) bond motifs is 5. The van der Waals surface area contributed by atoms with Gasteiger partial charge in [-0.3, -0.25) is 4.98 Å². The topological polar surface area (TPSA) is 117 Å². The van der Waals surface area contributed by atoms with Crippen molar-refractivity contribution in [3.05, 3.63) is 42.0 Å². The predicted molar refractivity (Wildman–Crippen MR) is 127 cm³/mol. The van der Waals surface area contributed by atoms with Crippen LogP contribution in [-0.2, 0) is 16.1 Å². The first-order chi connectivity index (χ1) is 17.5. The van der Waals surface area contributed by atoms with Gasteiger partial charge in [-0.15, -0.1) is 0 Å². The summed E-state index contributed by atoms with van der Waals surface area (Å²) in [6.45, 7) is 1.42. The second-order valence-electron chi connectivity index (χ2n) is 9.53. The molecule has 1 aliphatic carbocycles. The summed E-state index contributed by atoms with van der Waals surface area (Å²) in [6.07, 6.45) is 4.49. The Morgan fingerprint density at radius 1 is 1.17 bits per heavy atom. The minimum atomic E-state index is -0.569. The van der Waals surface area contributed by atoms with Gasteiger partial charge in [-0.2, -0.15) is 0 Å². The van der Waals surface area contributed by atoms with Gasteiger partial charge in [0, 0.05) is 18.2 Å². The average Bonchev–Trinajstić information content (AvgIpc) is 2.92. The van der Waals surface area contributed by atoms with Gasteiger partial charge in [-0.25, -0.2) is 19.2 Å². The van der Waals surface area contributed by atoms with Crippen LogP contribution in [0.5, 0.6) is 17.5 Å². The Kier molecular flexibility index (Phi) is 5.60. The Bertz CT molecular complexity index is 1310. The highest BCUT2D eigenvalue weighted by atomic mass is 19.1. The van der Waals surface area contributed by atoms with Crippen LogP contribution in [0.3, 0.4) is 0 Å². The summed E-state index contributed by atoms with van der Waals surface area (Å²) in [6, 6.07) is 7.19. The van der Waals surface area contributed by atoms with Crippen molar-refractivity contribution in [3.63, 3.8) is 0 Å². The van der Waals surface area contributed by atoms with E-state index in [4.69, 9.17) is 18.9 Å². The summed E-state index contributed by atoms with van der Waals surface area (Å²) in [5.74, 6) is -0.180. The van der Waals surface area contributed by atoms with Gasteiger partial charge in [0.15, 0.2) is 11.6 Å². The third-order valence-electron chi connectivity index (χ3n) is 7.26. The number of carbonyl (C=O) groups excluding carboxylic acids is 1. The molecule has 2 N–H and O–H groups in total. The number of rotatable bonds is 7. The molecule has 0 spiro atoms. The number of carbonyl (C=O) groups is 1. The second kappa shape index (κ2) is 8.82. The number of hydrogen-bond acceptors (Lipinski definition) is 10. The number of aromatic nitrogens is 3. The van der Waals surface area contributed by atoms with E-state index >= 15 is 0 Å². The normalized spacial score (nSPS) is 24.7.